The average molecular weight is 451 g/mol. The highest BCUT2D eigenvalue weighted by Crippen LogP contribution is 2.27. The number of nitrogens with one attached hydrogen (secondary N) is 1. The van der Waals surface area contributed by atoms with Crippen LogP contribution in [0.4, 0.5) is 0 Å². The molecule has 1 aliphatic rings. The molecule has 6 nitrogen and oxygen atoms in total. The second kappa shape index (κ2) is 11.1. The van der Waals surface area contributed by atoms with E-state index in [4.69, 9.17) is 32.7 Å². The Kier molecular flexibility index (Phi) is 8.22. The van der Waals surface area contributed by atoms with Crippen LogP contribution in [0, 0.1) is 5.92 Å². The third-order valence-electron chi connectivity index (χ3n) is 4.91. The molecule has 0 aromatic heterocycles. The second-order valence-corrected chi connectivity index (χ2v) is 7.94. The fraction of sp³-hybridized carbons (Fsp3) is 0.364. The first-order valence-corrected chi connectivity index (χ1v) is 10.6. The number of carbonyl (C=O) groups is 2. The van der Waals surface area contributed by atoms with E-state index in [1.165, 1.54) is 0 Å². The summed E-state index contributed by atoms with van der Waals surface area (Å²) >= 11 is 11.9. The highest BCUT2D eigenvalue weighted by molar-refractivity contribution is 6.35. The first-order valence-electron chi connectivity index (χ1n) is 9.81. The van der Waals surface area contributed by atoms with Crippen molar-refractivity contribution in [2.24, 2.45) is 5.92 Å². The number of nitrogens with zero attached hydrogens (tertiary/aromatic N) is 1. The molecule has 1 fully saturated rings. The molecular weight excluding hydrogens is 427 g/mol. The molecule has 1 N–H and O–H groups in total. The summed E-state index contributed by atoms with van der Waals surface area (Å²) in [5.41, 5.74) is 0. The topological polar surface area (TPSA) is 67.9 Å². The molecule has 160 valence electrons. The molecule has 2 amide bonds. The van der Waals surface area contributed by atoms with Crippen LogP contribution in [-0.2, 0) is 9.59 Å². The lowest BCUT2D eigenvalue weighted by atomic mass is 9.97. The molecule has 0 bridgehead atoms. The van der Waals surface area contributed by atoms with Gasteiger partial charge in [0.2, 0.25) is 0 Å². The zero-order valence-electron chi connectivity index (χ0n) is 16.5. The Labute approximate surface area is 186 Å². The largest absolute Gasteiger partial charge is 0.484 e. The maximum Gasteiger partial charge on any atom is 0.260 e. The minimum absolute atomic E-state index is 0.0189. The number of ether oxygens (including phenoxy) is 2. The minimum Gasteiger partial charge on any atom is -0.484 e. The van der Waals surface area contributed by atoms with E-state index in [1.807, 2.05) is 35.2 Å². The van der Waals surface area contributed by atoms with Gasteiger partial charge in [-0.2, -0.15) is 0 Å². The first kappa shape index (κ1) is 22.2. The number of hydrogen-bond donors (Lipinski definition) is 1. The maximum absolute atomic E-state index is 12.3. The van der Waals surface area contributed by atoms with E-state index in [0.29, 0.717) is 47.1 Å². The molecule has 1 heterocycles. The van der Waals surface area contributed by atoms with Crippen LogP contribution in [0.2, 0.25) is 10.0 Å². The molecule has 8 heteroatoms. The third-order valence-corrected chi connectivity index (χ3v) is 5.44. The summed E-state index contributed by atoms with van der Waals surface area (Å²) in [6.07, 6.45) is 1.67. The number of halogens is 2. The van der Waals surface area contributed by atoms with E-state index >= 15 is 0 Å². The van der Waals surface area contributed by atoms with Crippen LogP contribution in [0.15, 0.2) is 48.5 Å². The third kappa shape index (κ3) is 6.82. The monoisotopic (exact) mass is 450 g/mol. The van der Waals surface area contributed by atoms with Crippen LogP contribution in [0.3, 0.4) is 0 Å². The number of para-hydroxylation sites is 1. The van der Waals surface area contributed by atoms with Gasteiger partial charge in [-0.3, -0.25) is 9.59 Å². The van der Waals surface area contributed by atoms with Gasteiger partial charge in [0.05, 0.1) is 5.02 Å². The van der Waals surface area contributed by atoms with Crippen molar-refractivity contribution in [1.29, 1.82) is 0 Å². The predicted octanol–water partition coefficient (Wildman–Crippen LogP) is 3.81. The van der Waals surface area contributed by atoms with Gasteiger partial charge in [-0.05, 0) is 49.1 Å². The summed E-state index contributed by atoms with van der Waals surface area (Å²) < 4.78 is 11.0. The molecule has 2 aromatic carbocycles. The van der Waals surface area contributed by atoms with E-state index in [9.17, 15) is 9.59 Å². The molecule has 30 heavy (non-hydrogen) atoms. The van der Waals surface area contributed by atoms with Crippen molar-refractivity contribution in [2.45, 2.75) is 12.8 Å². The molecular formula is C22H24Cl2N2O4. The first-order chi connectivity index (χ1) is 14.5. The molecule has 3 rings (SSSR count). The Hall–Kier alpha value is -2.44. The number of piperidine rings is 1. The van der Waals surface area contributed by atoms with Crippen molar-refractivity contribution in [3.63, 3.8) is 0 Å². The predicted molar refractivity (Wildman–Crippen MR) is 116 cm³/mol. The van der Waals surface area contributed by atoms with E-state index in [1.54, 1.807) is 18.2 Å². The number of rotatable bonds is 8. The van der Waals surface area contributed by atoms with Crippen molar-refractivity contribution in [3.8, 4) is 11.5 Å². The van der Waals surface area contributed by atoms with Gasteiger partial charge in [0.1, 0.15) is 11.5 Å². The van der Waals surface area contributed by atoms with Crippen LogP contribution >= 0.6 is 23.2 Å². The Morgan fingerprint density at radius 2 is 1.73 bits per heavy atom. The van der Waals surface area contributed by atoms with Crippen molar-refractivity contribution >= 4 is 35.0 Å². The van der Waals surface area contributed by atoms with Gasteiger partial charge < -0.3 is 19.7 Å². The van der Waals surface area contributed by atoms with Gasteiger partial charge >= 0.3 is 0 Å². The summed E-state index contributed by atoms with van der Waals surface area (Å²) in [4.78, 5) is 26.2. The van der Waals surface area contributed by atoms with Gasteiger partial charge in [-0.15, -0.1) is 0 Å². The maximum atomic E-state index is 12.3. The standard InChI is InChI=1S/C22H24Cl2N2O4/c23-17-6-7-20(19(24)12-17)30-14-21(27)25-13-16-8-10-26(11-9-16)22(28)15-29-18-4-2-1-3-5-18/h1-7,12,16H,8-11,13-15H2,(H,25,27). The van der Waals surface area contributed by atoms with Crippen molar-refractivity contribution in [2.75, 3.05) is 32.8 Å². The van der Waals surface area contributed by atoms with E-state index < -0.39 is 0 Å². The molecule has 0 aliphatic carbocycles. The van der Waals surface area contributed by atoms with E-state index in [2.05, 4.69) is 5.32 Å². The number of carbonyl (C=O) groups excluding carboxylic acids is 2. The molecule has 0 atom stereocenters. The molecule has 2 aromatic rings. The lowest BCUT2D eigenvalue weighted by Crippen LogP contribution is -2.43. The average Bonchev–Trinajstić information content (AvgIpc) is 2.76. The molecule has 0 spiro atoms. The minimum atomic E-state index is -0.212. The molecule has 0 saturated carbocycles. The SMILES string of the molecule is O=C(COc1ccc(Cl)cc1Cl)NCC1CCN(C(=O)COc2ccccc2)CC1. The molecule has 1 aliphatic heterocycles. The van der Waals surface area contributed by atoms with Gasteiger partial charge in [-0.1, -0.05) is 41.4 Å². The lowest BCUT2D eigenvalue weighted by molar-refractivity contribution is -0.135. The van der Waals surface area contributed by atoms with E-state index in [0.717, 1.165) is 12.8 Å². The smallest absolute Gasteiger partial charge is 0.260 e. The summed E-state index contributed by atoms with van der Waals surface area (Å²) in [5.74, 6) is 1.20. The summed E-state index contributed by atoms with van der Waals surface area (Å²) in [7, 11) is 0. The number of benzene rings is 2. The van der Waals surface area contributed by atoms with Crippen LogP contribution < -0.4 is 14.8 Å². The number of likely N-dealkylation sites (tertiary alicyclic amines) is 1. The normalized spacial score (nSPS) is 14.3. The van der Waals surface area contributed by atoms with Gasteiger partial charge in [0, 0.05) is 24.7 Å². The Morgan fingerprint density at radius 1 is 1.00 bits per heavy atom. The highest BCUT2D eigenvalue weighted by Gasteiger charge is 2.23. The zero-order valence-corrected chi connectivity index (χ0v) is 18.0. The fourth-order valence-corrected chi connectivity index (χ4v) is 3.65. The summed E-state index contributed by atoms with van der Waals surface area (Å²) in [5, 5.41) is 3.76. The summed E-state index contributed by atoms with van der Waals surface area (Å²) in [6, 6.07) is 14.1. The highest BCUT2D eigenvalue weighted by atomic mass is 35.5. The zero-order chi connectivity index (χ0) is 21.3. The van der Waals surface area contributed by atoms with Crippen LogP contribution in [0.25, 0.3) is 0 Å². The quantitative estimate of drug-likeness (QED) is 0.663. The Balaban J connectivity index is 1.32. The van der Waals surface area contributed by atoms with E-state index in [-0.39, 0.29) is 25.0 Å². The van der Waals surface area contributed by atoms with Crippen LogP contribution in [-0.4, -0.2) is 49.6 Å². The Morgan fingerprint density at radius 3 is 2.43 bits per heavy atom. The number of hydrogen-bond acceptors (Lipinski definition) is 4. The van der Waals surface area contributed by atoms with Crippen LogP contribution in [0.1, 0.15) is 12.8 Å². The Bertz CT molecular complexity index is 855. The van der Waals surface area contributed by atoms with Crippen molar-refractivity contribution in [1.82, 2.24) is 10.2 Å². The molecule has 0 radical (unpaired) electrons. The lowest BCUT2D eigenvalue weighted by Gasteiger charge is -2.32. The van der Waals surface area contributed by atoms with Gasteiger partial charge in [0.25, 0.3) is 11.8 Å². The van der Waals surface area contributed by atoms with Crippen LogP contribution in [0.5, 0.6) is 11.5 Å². The number of amides is 2. The van der Waals surface area contributed by atoms with Gasteiger partial charge in [0.15, 0.2) is 13.2 Å². The molecule has 0 unspecified atom stereocenters. The fourth-order valence-electron chi connectivity index (χ4n) is 3.18. The van der Waals surface area contributed by atoms with Crippen molar-refractivity contribution < 1.29 is 19.1 Å². The van der Waals surface area contributed by atoms with Gasteiger partial charge in [-0.25, -0.2) is 0 Å². The van der Waals surface area contributed by atoms with Crippen molar-refractivity contribution in [3.05, 3.63) is 58.6 Å². The molecule has 1 saturated heterocycles. The summed E-state index contributed by atoms with van der Waals surface area (Å²) in [6.45, 7) is 1.80. The second-order valence-electron chi connectivity index (χ2n) is 7.09.